The average Bonchev–Trinajstić information content (AvgIpc) is 2.55. The lowest BCUT2D eigenvalue weighted by atomic mass is 10.1. The summed E-state index contributed by atoms with van der Waals surface area (Å²) in [6.07, 6.45) is 0. The van der Waals surface area contributed by atoms with Gasteiger partial charge < -0.3 is 15.8 Å². The van der Waals surface area contributed by atoms with Crippen LogP contribution < -0.4 is 15.8 Å². The number of halogens is 2. The van der Waals surface area contributed by atoms with Gasteiger partial charge in [-0.2, -0.15) is 0 Å². The third kappa shape index (κ3) is 3.87. The van der Waals surface area contributed by atoms with Crippen LogP contribution in [0.5, 0.6) is 5.75 Å². The second-order valence-corrected chi connectivity index (χ2v) is 5.63. The summed E-state index contributed by atoms with van der Waals surface area (Å²) in [5.41, 5.74) is 9.41. The second kappa shape index (κ2) is 7.43. The van der Waals surface area contributed by atoms with Crippen molar-refractivity contribution in [3.05, 3.63) is 69.3 Å². The van der Waals surface area contributed by atoms with Crippen LogP contribution in [0, 0.1) is 0 Å². The van der Waals surface area contributed by atoms with E-state index in [0.717, 1.165) is 5.70 Å². The Morgan fingerprint density at radius 3 is 2.50 bits per heavy atom. The first-order valence-electron chi connectivity index (χ1n) is 6.80. The minimum atomic E-state index is 0.412. The molecule has 22 heavy (non-hydrogen) atoms. The molecule has 0 spiro atoms. The summed E-state index contributed by atoms with van der Waals surface area (Å²) in [6, 6.07) is 13.5. The third-order valence-corrected chi connectivity index (χ3v) is 4.13. The van der Waals surface area contributed by atoms with Crippen LogP contribution in [0.3, 0.4) is 0 Å². The van der Waals surface area contributed by atoms with E-state index < -0.39 is 0 Å². The lowest BCUT2D eigenvalue weighted by molar-refractivity contribution is 0.414. The number of hydrogen-bond acceptors (Lipinski definition) is 3. The number of nitrogens with one attached hydrogen (secondary N) is 1. The first-order chi connectivity index (χ1) is 10.5. The Hall–Kier alpha value is -1.84. The fourth-order valence-corrected chi connectivity index (χ4v) is 2.43. The highest BCUT2D eigenvalue weighted by Gasteiger charge is 2.12. The predicted octanol–water partition coefficient (Wildman–Crippen LogP) is 4.44. The topological polar surface area (TPSA) is 47.3 Å². The summed E-state index contributed by atoms with van der Waals surface area (Å²) in [5, 5.41) is 4.12. The molecule has 0 heterocycles. The van der Waals surface area contributed by atoms with Gasteiger partial charge in [-0.25, -0.2) is 0 Å². The largest absolute Gasteiger partial charge is 0.497 e. The maximum Gasteiger partial charge on any atom is 0.121 e. The first-order valence-corrected chi connectivity index (χ1v) is 7.56. The minimum absolute atomic E-state index is 0.412. The molecule has 0 aliphatic heterocycles. The predicted molar refractivity (Wildman–Crippen MR) is 93.1 cm³/mol. The van der Waals surface area contributed by atoms with E-state index in [2.05, 4.69) is 5.32 Å². The van der Waals surface area contributed by atoms with Gasteiger partial charge in [-0.1, -0.05) is 53.5 Å². The maximum atomic E-state index is 6.25. The summed E-state index contributed by atoms with van der Waals surface area (Å²) in [6.45, 7) is 2.59. The summed E-state index contributed by atoms with van der Waals surface area (Å²) < 4.78 is 5.21. The fourth-order valence-electron chi connectivity index (χ4n) is 2.01. The minimum Gasteiger partial charge on any atom is -0.497 e. The molecule has 0 saturated carbocycles. The van der Waals surface area contributed by atoms with Gasteiger partial charge in [-0.05, 0) is 18.6 Å². The number of ether oxygens (including phenoxy) is 1. The van der Waals surface area contributed by atoms with E-state index in [1.54, 1.807) is 19.2 Å². The van der Waals surface area contributed by atoms with E-state index in [1.807, 2.05) is 37.3 Å². The number of rotatable bonds is 5. The number of methoxy groups -OCH3 is 1. The van der Waals surface area contributed by atoms with Crippen molar-refractivity contribution in [2.75, 3.05) is 7.11 Å². The molecular formula is C17H18Cl2N2O. The Labute approximate surface area is 140 Å². The van der Waals surface area contributed by atoms with Crippen molar-refractivity contribution >= 4 is 28.9 Å². The monoisotopic (exact) mass is 336 g/mol. The van der Waals surface area contributed by atoms with Crippen LogP contribution in [0.15, 0.2) is 48.2 Å². The van der Waals surface area contributed by atoms with Crippen molar-refractivity contribution < 1.29 is 4.74 Å². The van der Waals surface area contributed by atoms with Gasteiger partial charge in [-0.3, -0.25) is 0 Å². The molecule has 5 heteroatoms. The van der Waals surface area contributed by atoms with Crippen molar-refractivity contribution in [1.29, 1.82) is 0 Å². The van der Waals surface area contributed by atoms with Crippen LogP contribution in [-0.2, 0) is 6.54 Å². The molecule has 0 unspecified atom stereocenters. The van der Waals surface area contributed by atoms with Crippen molar-refractivity contribution in [3.8, 4) is 5.75 Å². The maximum absolute atomic E-state index is 6.25. The quantitative estimate of drug-likeness (QED) is 0.848. The fraction of sp³-hybridized carbons (Fsp3) is 0.176. The molecule has 2 rings (SSSR count). The van der Waals surface area contributed by atoms with Crippen molar-refractivity contribution in [3.63, 3.8) is 0 Å². The van der Waals surface area contributed by atoms with Gasteiger partial charge in [0.05, 0.1) is 22.9 Å². The van der Waals surface area contributed by atoms with E-state index in [-0.39, 0.29) is 0 Å². The molecule has 0 aliphatic rings. The van der Waals surface area contributed by atoms with Crippen LogP contribution in [0.4, 0.5) is 0 Å². The molecule has 0 fully saturated rings. The van der Waals surface area contributed by atoms with E-state index in [4.69, 9.17) is 33.7 Å². The van der Waals surface area contributed by atoms with Gasteiger partial charge in [0, 0.05) is 23.9 Å². The molecule has 0 atom stereocenters. The molecule has 3 N–H and O–H groups in total. The van der Waals surface area contributed by atoms with Crippen LogP contribution in [0.25, 0.3) is 5.70 Å². The van der Waals surface area contributed by atoms with Crippen LogP contribution in [-0.4, -0.2) is 7.11 Å². The number of benzene rings is 2. The molecule has 0 amide bonds. The Morgan fingerprint density at radius 1 is 1.18 bits per heavy atom. The molecule has 0 aromatic heterocycles. The van der Waals surface area contributed by atoms with E-state index in [0.29, 0.717) is 33.6 Å². The number of allylic oxidation sites excluding steroid dienone is 1. The normalized spacial score (nSPS) is 11.8. The molecule has 2 aromatic carbocycles. The second-order valence-electron chi connectivity index (χ2n) is 4.85. The number of hydrogen-bond donors (Lipinski definition) is 2. The standard InChI is InChI=1S/C17H18Cl2N2O/c1-11(21-10-12-6-4-3-5-7-12)17(20)14-8-13(22-2)9-15(18)16(14)19/h3-9,21H,10,20H2,1-2H3/b17-11+. The summed E-state index contributed by atoms with van der Waals surface area (Å²) in [7, 11) is 1.57. The Kier molecular flexibility index (Phi) is 5.58. The van der Waals surface area contributed by atoms with E-state index >= 15 is 0 Å². The van der Waals surface area contributed by atoms with Crippen LogP contribution in [0.1, 0.15) is 18.1 Å². The van der Waals surface area contributed by atoms with Gasteiger partial charge in [0.15, 0.2) is 0 Å². The smallest absolute Gasteiger partial charge is 0.121 e. The molecule has 0 aliphatic carbocycles. The molecule has 0 saturated heterocycles. The van der Waals surface area contributed by atoms with Gasteiger partial charge >= 0.3 is 0 Å². The molecule has 2 aromatic rings. The zero-order chi connectivity index (χ0) is 16.1. The van der Waals surface area contributed by atoms with Crippen molar-refractivity contribution in [2.45, 2.75) is 13.5 Å². The Morgan fingerprint density at radius 2 is 1.86 bits per heavy atom. The highest BCUT2D eigenvalue weighted by Crippen LogP contribution is 2.34. The first kappa shape index (κ1) is 16.5. The van der Waals surface area contributed by atoms with Gasteiger partial charge in [-0.15, -0.1) is 0 Å². The zero-order valence-electron chi connectivity index (χ0n) is 12.5. The molecule has 3 nitrogen and oxygen atoms in total. The Balaban J connectivity index is 2.25. The summed E-state index contributed by atoms with van der Waals surface area (Å²) in [5.74, 6) is 0.614. The highest BCUT2D eigenvalue weighted by atomic mass is 35.5. The molecule has 0 bridgehead atoms. The number of nitrogens with two attached hydrogens (primary N) is 1. The van der Waals surface area contributed by atoms with Crippen molar-refractivity contribution in [2.24, 2.45) is 5.73 Å². The van der Waals surface area contributed by atoms with Crippen LogP contribution in [0.2, 0.25) is 10.0 Å². The lowest BCUT2D eigenvalue weighted by Crippen LogP contribution is -2.15. The summed E-state index contributed by atoms with van der Waals surface area (Å²) >= 11 is 12.4. The zero-order valence-corrected chi connectivity index (χ0v) is 14.0. The molecule has 0 radical (unpaired) electrons. The molecular weight excluding hydrogens is 319 g/mol. The Bertz CT molecular complexity index is 685. The summed E-state index contributed by atoms with van der Waals surface area (Å²) in [4.78, 5) is 0. The van der Waals surface area contributed by atoms with Gasteiger partial charge in [0.25, 0.3) is 0 Å². The van der Waals surface area contributed by atoms with Crippen molar-refractivity contribution in [1.82, 2.24) is 5.32 Å². The lowest BCUT2D eigenvalue weighted by Gasteiger charge is -2.14. The average molecular weight is 337 g/mol. The van der Waals surface area contributed by atoms with Gasteiger partial charge in [0.1, 0.15) is 5.75 Å². The SMILES string of the molecule is COc1cc(Cl)c(Cl)c(/C(N)=C(/C)NCc2ccccc2)c1. The van der Waals surface area contributed by atoms with E-state index in [1.165, 1.54) is 5.56 Å². The van der Waals surface area contributed by atoms with Gasteiger partial charge in [0.2, 0.25) is 0 Å². The van der Waals surface area contributed by atoms with E-state index in [9.17, 15) is 0 Å². The van der Waals surface area contributed by atoms with Crippen LogP contribution >= 0.6 is 23.2 Å². The third-order valence-electron chi connectivity index (χ3n) is 3.33. The highest BCUT2D eigenvalue weighted by molar-refractivity contribution is 6.43. The molecule has 116 valence electrons.